The summed E-state index contributed by atoms with van der Waals surface area (Å²) in [5.41, 5.74) is 10.5. The fraction of sp³-hybridized carbons (Fsp3) is 0.625. The van der Waals surface area contributed by atoms with Gasteiger partial charge in [-0.25, -0.2) is 0 Å². The molecule has 0 saturated heterocycles. The van der Waals surface area contributed by atoms with Crippen molar-refractivity contribution >= 4 is 11.8 Å². The fourth-order valence-electron chi connectivity index (χ4n) is 2.86. The van der Waals surface area contributed by atoms with Crippen LogP contribution in [0.3, 0.4) is 0 Å². The van der Waals surface area contributed by atoms with Gasteiger partial charge in [0.05, 0.1) is 0 Å². The van der Waals surface area contributed by atoms with Crippen molar-refractivity contribution in [2.75, 3.05) is 0 Å². The lowest BCUT2D eigenvalue weighted by Gasteiger charge is -2.20. The van der Waals surface area contributed by atoms with Gasteiger partial charge in [0, 0.05) is 17.0 Å². The summed E-state index contributed by atoms with van der Waals surface area (Å²) in [6.07, 6.45) is 6.56. The van der Waals surface area contributed by atoms with E-state index in [0.717, 1.165) is 5.75 Å². The summed E-state index contributed by atoms with van der Waals surface area (Å²) >= 11 is 2.06. The molecule has 100 valence electrons. The maximum Gasteiger partial charge on any atom is 0.0202 e. The molecule has 2 rings (SSSR count). The Bertz CT molecular complexity index is 368. The van der Waals surface area contributed by atoms with Crippen molar-refractivity contribution in [1.29, 1.82) is 0 Å². The van der Waals surface area contributed by atoms with Crippen LogP contribution in [-0.2, 0) is 5.75 Å². The van der Waals surface area contributed by atoms with Crippen molar-refractivity contribution in [3.63, 3.8) is 0 Å². The van der Waals surface area contributed by atoms with E-state index in [-0.39, 0.29) is 0 Å². The smallest absolute Gasteiger partial charge is 0.0202 e. The Hall–Kier alpha value is -0.470. The third kappa shape index (κ3) is 4.03. The molecule has 1 fully saturated rings. The summed E-state index contributed by atoms with van der Waals surface area (Å²) in [7, 11) is 0. The molecule has 1 nitrogen and oxygen atoms in total. The number of nitrogens with two attached hydrogens (primary N) is 1. The van der Waals surface area contributed by atoms with Crippen LogP contribution in [0.2, 0.25) is 0 Å². The van der Waals surface area contributed by atoms with Gasteiger partial charge in [0.1, 0.15) is 0 Å². The van der Waals surface area contributed by atoms with E-state index in [1.54, 1.807) is 0 Å². The third-order valence-electron chi connectivity index (χ3n) is 3.75. The second-order valence-corrected chi connectivity index (χ2v) is 6.87. The van der Waals surface area contributed by atoms with E-state index >= 15 is 0 Å². The Labute approximate surface area is 116 Å². The van der Waals surface area contributed by atoms with Crippen LogP contribution in [0.1, 0.15) is 48.8 Å². The lowest BCUT2D eigenvalue weighted by molar-refractivity contribution is 0.596. The van der Waals surface area contributed by atoms with Gasteiger partial charge in [0.2, 0.25) is 0 Å². The maximum atomic E-state index is 6.28. The quantitative estimate of drug-likeness (QED) is 0.827. The first-order valence-corrected chi connectivity index (χ1v) is 8.14. The Kier molecular flexibility index (Phi) is 5.13. The standard InChI is InChI=1S/C16H25NS/c1-12-8-13(2)10-14(9-12)11-18-16-7-5-3-4-6-15(16)17/h8-10,15-16H,3-7,11,17H2,1-2H3. The average molecular weight is 263 g/mol. The molecule has 1 aromatic carbocycles. The highest BCUT2D eigenvalue weighted by molar-refractivity contribution is 7.99. The minimum Gasteiger partial charge on any atom is -0.327 e. The Balaban J connectivity index is 1.93. The van der Waals surface area contributed by atoms with E-state index < -0.39 is 0 Å². The van der Waals surface area contributed by atoms with Crippen molar-refractivity contribution in [3.05, 3.63) is 34.9 Å². The molecule has 0 heterocycles. The van der Waals surface area contributed by atoms with Crippen LogP contribution in [-0.4, -0.2) is 11.3 Å². The zero-order valence-electron chi connectivity index (χ0n) is 11.6. The molecule has 2 unspecified atom stereocenters. The molecule has 18 heavy (non-hydrogen) atoms. The summed E-state index contributed by atoms with van der Waals surface area (Å²) in [5, 5.41) is 0.660. The number of aryl methyl sites for hydroxylation is 2. The summed E-state index contributed by atoms with van der Waals surface area (Å²) in [6, 6.07) is 7.26. The molecule has 0 aromatic heterocycles. The number of benzene rings is 1. The number of thioether (sulfide) groups is 1. The van der Waals surface area contributed by atoms with Crippen LogP contribution >= 0.6 is 11.8 Å². The summed E-state index contributed by atoms with van der Waals surface area (Å²) in [5.74, 6) is 1.11. The topological polar surface area (TPSA) is 26.0 Å². The van der Waals surface area contributed by atoms with E-state index in [1.807, 2.05) is 0 Å². The SMILES string of the molecule is Cc1cc(C)cc(CSC2CCCCCC2N)c1. The fourth-order valence-corrected chi connectivity index (χ4v) is 4.15. The van der Waals surface area contributed by atoms with Crippen LogP contribution in [0, 0.1) is 13.8 Å². The van der Waals surface area contributed by atoms with Crippen molar-refractivity contribution in [3.8, 4) is 0 Å². The molecule has 0 radical (unpaired) electrons. The Morgan fingerprint density at radius 1 is 1.06 bits per heavy atom. The Morgan fingerprint density at radius 3 is 2.44 bits per heavy atom. The van der Waals surface area contributed by atoms with Gasteiger partial charge in [-0.2, -0.15) is 11.8 Å². The maximum absolute atomic E-state index is 6.28. The first-order chi connectivity index (χ1) is 8.65. The highest BCUT2D eigenvalue weighted by atomic mass is 32.2. The average Bonchev–Trinajstić information content (AvgIpc) is 2.50. The van der Waals surface area contributed by atoms with Gasteiger partial charge < -0.3 is 5.73 Å². The minimum atomic E-state index is 0.406. The van der Waals surface area contributed by atoms with Gasteiger partial charge in [-0.05, 0) is 32.3 Å². The molecule has 1 aromatic rings. The van der Waals surface area contributed by atoms with E-state index in [9.17, 15) is 0 Å². The highest BCUT2D eigenvalue weighted by Gasteiger charge is 2.20. The molecule has 2 heteroatoms. The van der Waals surface area contributed by atoms with Crippen LogP contribution in [0.5, 0.6) is 0 Å². The lowest BCUT2D eigenvalue weighted by Crippen LogP contribution is -2.31. The van der Waals surface area contributed by atoms with Crippen LogP contribution < -0.4 is 5.73 Å². The zero-order chi connectivity index (χ0) is 13.0. The number of rotatable bonds is 3. The zero-order valence-corrected chi connectivity index (χ0v) is 12.4. The van der Waals surface area contributed by atoms with Crippen molar-refractivity contribution < 1.29 is 0 Å². The van der Waals surface area contributed by atoms with Gasteiger partial charge in [0.25, 0.3) is 0 Å². The van der Waals surface area contributed by atoms with Gasteiger partial charge in [0.15, 0.2) is 0 Å². The predicted molar refractivity (Wildman–Crippen MR) is 82.1 cm³/mol. The van der Waals surface area contributed by atoms with Crippen molar-refractivity contribution in [2.45, 2.75) is 63.0 Å². The highest BCUT2D eigenvalue weighted by Crippen LogP contribution is 2.29. The third-order valence-corrected chi connectivity index (χ3v) is 5.26. The van der Waals surface area contributed by atoms with E-state index in [4.69, 9.17) is 5.73 Å². The van der Waals surface area contributed by atoms with E-state index in [1.165, 1.54) is 48.8 Å². The van der Waals surface area contributed by atoms with Crippen LogP contribution in [0.25, 0.3) is 0 Å². The molecule has 2 N–H and O–H groups in total. The molecule has 0 spiro atoms. The first-order valence-electron chi connectivity index (χ1n) is 7.09. The van der Waals surface area contributed by atoms with Gasteiger partial charge in [-0.3, -0.25) is 0 Å². The summed E-state index contributed by atoms with van der Waals surface area (Å²) in [4.78, 5) is 0. The van der Waals surface area contributed by atoms with E-state index in [0.29, 0.717) is 11.3 Å². The summed E-state index contributed by atoms with van der Waals surface area (Å²) in [6.45, 7) is 4.36. The van der Waals surface area contributed by atoms with Crippen molar-refractivity contribution in [1.82, 2.24) is 0 Å². The normalized spacial score (nSPS) is 24.8. The molecule has 0 bridgehead atoms. The monoisotopic (exact) mass is 263 g/mol. The molecular formula is C16H25NS. The van der Waals surface area contributed by atoms with Gasteiger partial charge >= 0.3 is 0 Å². The lowest BCUT2D eigenvalue weighted by atomic mass is 10.1. The second-order valence-electron chi connectivity index (χ2n) is 5.65. The molecule has 0 amide bonds. The van der Waals surface area contributed by atoms with E-state index in [2.05, 4.69) is 43.8 Å². The van der Waals surface area contributed by atoms with Gasteiger partial charge in [-0.1, -0.05) is 48.6 Å². The molecule has 1 saturated carbocycles. The molecule has 2 atom stereocenters. The predicted octanol–water partition coefficient (Wildman–Crippen LogP) is 4.20. The van der Waals surface area contributed by atoms with Crippen LogP contribution in [0.15, 0.2) is 18.2 Å². The van der Waals surface area contributed by atoms with Gasteiger partial charge in [-0.15, -0.1) is 0 Å². The molecule has 1 aliphatic rings. The number of hydrogen-bond acceptors (Lipinski definition) is 2. The number of hydrogen-bond donors (Lipinski definition) is 1. The first kappa shape index (κ1) is 14.0. The minimum absolute atomic E-state index is 0.406. The van der Waals surface area contributed by atoms with Crippen molar-refractivity contribution in [2.24, 2.45) is 5.73 Å². The molecule has 0 aliphatic heterocycles. The second kappa shape index (κ2) is 6.63. The van der Waals surface area contributed by atoms with Crippen LogP contribution in [0.4, 0.5) is 0 Å². The molecule has 1 aliphatic carbocycles. The largest absolute Gasteiger partial charge is 0.327 e. The molecular weight excluding hydrogens is 238 g/mol. The summed E-state index contributed by atoms with van der Waals surface area (Å²) < 4.78 is 0. The Morgan fingerprint density at radius 2 is 1.72 bits per heavy atom.